The number of hydrogen-bond acceptors (Lipinski definition) is 4. The fourth-order valence-electron chi connectivity index (χ4n) is 3.42. The molecule has 1 N–H and O–H groups in total. The SMILES string of the molecule is CC1=NN(c2ccc(C(=O)N(C)CC3CCCC3O)cc2)CC1. The van der Waals surface area contributed by atoms with Crippen molar-refractivity contribution in [2.24, 2.45) is 11.0 Å². The van der Waals surface area contributed by atoms with Crippen molar-refractivity contribution in [2.75, 3.05) is 25.1 Å². The summed E-state index contributed by atoms with van der Waals surface area (Å²) in [5.74, 6) is 0.224. The number of carbonyl (C=O) groups is 1. The summed E-state index contributed by atoms with van der Waals surface area (Å²) in [6.45, 7) is 3.56. The number of amides is 1. The molecular formula is C18H25N3O2. The van der Waals surface area contributed by atoms with E-state index in [1.54, 1.807) is 4.90 Å². The van der Waals surface area contributed by atoms with Crippen LogP contribution in [0.2, 0.25) is 0 Å². The fraction of sp³-hybridized carbons (Fsp3) is 0.556. The Labute approximate surface area is 137 Å². The van der Waals surface area contributed by atoms with E-state index < -0.39 is 0 Å². The van der Waals surface area contributed by atoms with Gasteiger partial charge in [-0.3, -0.25) is 9.80 Å². The van der Waals surface area contributed by atoms with Crippen LogP contribution in [-0.4, -0.2) is 47.9 Å². The van der Waals surface area contributed by atoms with E-state index in [-0.39, 0.29) is 17.9 Å². The molecule has 1 aliphatic carbocycles. The van der Waals surface area contributed by atoms with Crippen molar-refractivity contribution in [3.05, 3.63) is 29.8 Å². The molecule has 0 spiro atoms. The van der Waals surface area contributed by atoms with Crippen LogP contribution in [-0.2, 0) is 0 Å². The molecular weight excluding hydrogens is 290 g/mol. The highest BCUT2D eigenvalue weighted by Gasteiger charge is 2.27. The molecule has 0 radical (unpaired) electrons. The molecule has 124 valence electrons. The highest BCUT2D eigenvalue weighted by Crippen LogP contribution is 2.26. The van der Waals surface area contributed by atoms with Gasteiger partial charge in [0, 0.05) is 43.8 Å². The number of hydrazone groups is 1. The lowest BCUT2D eigenvalue weighted by Gasteiger charge is -2.23. The fourth-order valence-corrected chi connectivity index (χ4v) is 3.42. The minimum atomic E-state index is -0.260. The summed E-state index contributed by atoms with van der Waals surface area (Å²) in [6, 6.07) is 7.63. The van der Waals surface area contributed by atoms with Gasteiger partial charge in [0.25, 0.3) is 5.91 Å². The van der Waals surface area contributed by atoms with Gasteiger partial charge in [-0.05, 0) is 44.0 Å². The first kappa shape index (κ1) is 16.0. The van der Waals surface area contributed by atoms with E-state index in [1.807, 2.05) is 43.2 Å². The molecule has 1 saturated carbocycles. The van der Waals surface area contributed by atoms with Crippen molar-refractivity contribution in [3.8, 4) is 0 Å². The molecule has 1 aromatic rings. The van der Waals surface area contributed by atoms with E-state index in [0.717, 1.165) is 43.6 Å². The molecule has 0 aromatic heterocycles. The number of carbonyl (C=O) groups excluding carboxylic acids is 1. The average Bonchev–Trinajstić information content (AvgIpc) is 3.16. The van der Waals surface area contributed by atoms with Crippen LogP contribution in [0.5, 0.6) is 0 Å². The van der Waals surface area contributed by atoms with E-state index in [9.17, 15) is 9.90 Å². The Kier molecular flexibility index (Phi) is 4.66. The second kappa shape index (κ2) is 6.71. The maximum absolute atomic E-state index is 12.5. The number of anilines is 1. The highest BCUT2D eigenvalue weighted by atomic mass is 16.3. The van der Waals surface area contributed by atoms with Crippen LogP contribution in [0.3, 0.4) is 0 Å². The Hall–Kier alpha value is -1.88. The molecule has 1 heterocycles. The number of nitrogens with zero attached hydrogens (tertiary/aromatic N) is 3. The van der Waals surface area contributed by atoms with Gasteiger partial charge in [0.2, 0.25) is 0 Å². The van der Waals surface area contributed by atoms with Gasteiger partial charge < -0.3 is 10.0 Å². The lowest BCUT2D eigenvalue weighted by atomic mass is 10.1. The lowest BCUT2D eigenvalue weighted by molar-refractivity contribution is 0.0693. The first-order valence-electron chi connectivity index (χ1n) is 8.40. The third kappa shape index (κ3) is 3.55. The molecule has 2 unspecified atom stereocenters. The van der Waals surface area contributed by atoms with Gasteiger partial charge in [-0.2, -0.15) is 5.10 Å². The molecule has 1 amide bonds. The van der Waals surface area contributed by atoms with Crippen molar-refractivity contribution >= 4 is 17.3 Å². The van der Waals surface area contributed by atoms with Crippen LogP contribution >= 0.6 is 0 Å². The molecule has 1 aliphatic heterocycles. The van der Waals surface area contributed by atoms with Crippen molar-refractivity contribution in [2.45, 2.75) is 38.7 Å². The van der Waals surface area contributed by atoms with Crippen LogP contribution in [0.4, 0.5) is 5.69 Å². The van der Waals surface area contributed by atoms with E-state index in [2.05, 4.69) is 5.10 Å². The van der Waals surface area contributed by atoms with E-state index in [1.165, 1.54) is 0 Å². The minimum Gasteiger partial charge on any atom is -0.393 e. The molecule has 0 bridgehead atoms. The third-order valence-corrected chi connectivity index (χ3v) is 4.86. The summed E-state index contributed by atoms with van der Waals surface area (Å²) in [6.07, 6.45) is 3.65. The Morgan fingerprint density at radius 1 is 1.35 bits per heavy atom. The third-order valence-electron chi connectivity index (χ3n) is 4.86. The lowest BCUT2D eigenvalue weighted by Crippen LogP contribution is -2.34. The molecule has 0 saturated heterocycles. The summed E-state index contributed by atoms with van der Waals surface area (Å²) < 4.78 is 0. The zero-order chi connectivity index (χ0) is 16.4. The molecule has 5 heteroatoms. The summed E-state index contributed by atoms with van der Waals surface area (Å²) in [5, 5.41) is 16.4. The zero-order valence-corrected chi connectivity index (χ0v) is 13.9. The second-order valence-corrected chi connectivity index (χ2v) is 6.70. The second-order valence-electron chi connectivity index (χ2n) is 6.70. The van der Waals surface area contributed by atoms with Crippen LogP contribution in [0.1, 0.15) is 43.0 Å². The molecule has 23 heavy (non-hydrogen) atoms. The van der Waals surface area contributed by atoms with Crippen LogP contribution in [0.15, 0.2) is 29.4 Å². The van der Waals surface area contributed by atoms with Crippen molar-refractivity contribution in [1.29, 1.82) is 0 Å². The van der Waals surface area contributed by atoms with Gasteiger partial charge in [-0.1, -0.05) is 6.42 Å². The summed E-state index contributed by atoms with van der Waals surface area (Å²) in [4.78, 5) is 14.3. The quantitative estimate of drug-likeness (QED) is 0.929. The Balaban J connectivity index is 1.63. The standard InChI is InChI=1S/C18H25N3O2/c1-13-10-11-21(19-13)16-8-6-14(7-9-16)18(23)20(2)12-15-4-3-5-17(15)22/h6-9,15,17,22H,3-5,10-12H2,1-2H3. The molecule has 5 nitrogen and oxygen atoms in total. The van der Waals surface area contributed by atoms with Crippen molar-refractivity contribution in [3.63, 3.8) is 0 Å². The van der Waals surface area contributed by atoms with E-state index >= 15 is 0 Å². The van der Waals surface area contributed by atoms with Crippen molar-refractivity contribution in [1.82, 2.24) is 4.90 Å². The van der Waals surface area contributed by atoms with E-state index in [0.29, 0.717) is 12.1 Å². The molecule has 1 aromatic carbocycles. The van der Waals surface area contributed by atoms with Gasteiger partial charge in [-0.15, -0.1) is 0 Å². The van der Waals surface area contributed by atoms with Crippen molar-refractivity contribution < 1.29 is 9.90 Å². The van der Waals surface area contributed by atoms with E-state index in [4.69, 9.17) is 0 Å². The van der Waals surface area contributed by atoms with Gasteiger partial charge in [0.05, 0.1) is 11.8 Å². The highest BCUT2D eigenvalue weighted by molar-refractivity contribution is 5.94. The Morgan fingerprint density at radius 3 is 2.65 bits per heavy atom. The monoisotopic (exact) mass is 315 g/mol. The summed E-state index contributed by atoms with van der Waals surface area (Å²) in [7, 11) is 1.81. The average molecular weight is 315 g/mol. The summed E-state index contributed by atoms with van der Waals surface area (Å²) >= 11 is 0. The van der Waals surface area contributed by atoms with Gasteiger partial charge in [0.1, 0.15) is 0 Å². The first-order valence-corrected chi connectivity index (χ1v) is 8.40. The number of aliphatic hydroxyl groups is 1. The topological polar surface area (TPSA) is 56.1 Å². The Morgan fingerprint density at radius 2 is 2.09 bits per heavy atom. The smallest absolute Gasteiger partial charge is 0.253 e. The largest absolute Gasteiger partial charge is 0.393 e. The Bertz CT molecular complexity index is 597. The predicted octanol–water partition coefficient (Wildman–Crippen LogP) is 2.51. The molecule has 2 atom stereocenters. The zero-order valence-electron chi connectivity index (χ0n) is 13.9. The normalized spacial score (nSPS) is 24.0. The number of benzene rings is 1. The number of aliphatic hydroxyl groups excluding tert-OH is 1. The summed E-state index contributed by atoms with van der Waals surface area (Å²) in [5.41, 5.74) is 2.84. The van der Waals surface area contributed by atoms with Gasteiger partial charge in [-0.25, -0.2) is 0 Å². The van der Waals surface area contributed by atoms with Gasteiger partial charge in [0.15, 0.2) is 0 Å². The number of rotatable bonds is 4. The molecule has 3 rings (SSSR count). The van der Waals surface area contributed by atoms with Crippen LogP contribution in [0.25, 0.3) is 0 Å². The minimum absolute atomic E-state index is 0.0109. The number of hydrogen-bond donors (Lipinski definition) is 1. The van der Waals surface area contributed by atoms with Crippen LogP contribution in [0, 0.1) is 5.92 Å². The first-order chi connectivity index (χ1) is 11.0. The maximum Gasteiger partial charge on any atom is 0.253 e. The maximum atomic E-state index is 12.5. The van der Waals surface area contributed by atoms with Gasteiger partial charge >= 0.3 is 0 Å². The predicted molar refractivity (Wildman–Crippen MR) is 91.8 cm³/mol. The molecule has 1 fully saturated rings. The van der Waals surface area contributed by atoms with Crippen LogP contribution < -0.4 is 5.01 Å². The molecule has 2 aliphatic rings.